The summed E-state index contributed by atoms with van der Waals surface area (Å²) in [5.41, 5.74) is -0.451. The molecule has 0 aromatic heterocycles. The van der Waals surface area contributed by atoms with Crippen molar-refractivity contribution in [3.63, 3.8) is 0 Å². The lowest BCUT2D eigenvalue weighted by molar-refractivity contribution is -0.135. The molecule has 1 atom stereocenters. The summed E-state index contributed by atoms with van der Waals surface area (Å²) < 4.78 is 0. The van der Waals surface area contributed by atoms with Crippen LogP contribution in [0.25, 0.3) is 0 Å². The van der Waals surface area contributed by atoms with Crippen LogP contribution in [-0.4, -0.2) is 46.7 Å². The van der Waals surface area contributed by atoms with E-state index in [4.69, 9.17) is 0 Å². The van der Waals surface area contributed by atoms with Crippen LogP contribution in [0.3, 0.4) is 0 Å². The fraction of sp³-hybridized carbons (Fsp3) is 0.941. The average Bonchev–Trinajstić information content (AvgIpc) is 3.02. The van der Waals surface area contributed by atoms with Crippen LogP contribution in [0.4, 0.5) is 0 Å². The van der Waals surface area contributed by atoms with Crippen molar-refractivity contribution in [2.75, 3.05) is 13.1 Å². The summed E-state index contributed by atoms with van der Waals surface area (Å²) in [6, 6.07) is 0.764. The van der Waals surface area contributed by atoms with Crippen molar-refractivity contribution in [1.29, 1.82) is 0 Å². The maximum atomic E-state index is 12.5. The number of carbonyl (C=O) groups is 1. The van der Waals surface area contributed by atoms with Gasteiger partial charge in [0, 0.05) is 24.5 Å². The number of nitrogens with zero attached hydrogens (tertiary/aromatic N) is 1. The Morgan fingerprint density at radius 2 is 1.81 bits per heavy atom. The first kappa shape index (κ1) is 14.0. The highest BCUT2D eigenvalue weighted by atomic mass is 16.3. The third kappa shape index (κ3) is 2.22. The zero-order valence-corrected chi connectivity index (χ0v) is 12.9. The van der Waals surface area contributed by atoms with E-state index in [0.29, 0.717) is 12.6 Å². The highest BCUT2D eigenvalue weighted by Crippen LogP contribution is 2.60. The number of nitrogens with one attached hydrogen (secondary N) is 1. The van der Waals surface area contributed by atoms with E-state index in [9.17, 15) is 9.90 Å². The molecular weight excluding hydrogens is 264 g/mol. The summed E-state index contributed by atoms with van der Waals surface area (Å²) in [5.74, 6) is 0.211. The van der Waals surface area contributed by atoms with Crippen LogP contribution in [0.1, 0.15) is 64.2 Å². The van der Waals surface area contributed by atoms with Gasteiger partial charge in [-0.1, -0.05) is 12.8 Å². The van der Waals surface area contributed by atoms with Gasteiger partial charge in [0.1, 0.15) is 0 Å². The fourth-order valence-electron chi connectivity index (χ4n) is 4.74. The summed E-state index contributed by atoms with van der Waals surface area (Å²) >= 11 is 0. The van der Waals surface area contributed by atoms with Gasteiger partial charge < -0.3 is 10.4 Å². The Hall–Kier alpha value is -0.610. The second-order valence-corrected chi connectivity index (χ2v) is 7.86. The monoisotopic (exact) mass is 292 g/mol. The Bertz CT molecular complexity index is 423. The summed E-state index contributed by atoms with van der Waals surface area (Å²) in [7, 11) is 0. The van der Waals surface area contributed by atoms with E-state index < -0.39 is 5.60 Å². The minimum Gasteiger partial charge on any atom is -0.389 e. The van der Waals surface area contributed by atoms with Crippen molar-refractivity contribution in [2.24, 2.45) is 5.41 Å². The predicted octanol–water partition coefficient (Wildman–Crippen LogP) is 1.81. The Morgan fingerprint density at radius 3 is 2.29 bits per heavy atom. The van der Waals surface area contributed by atoms with Crippen molar-refractivity contribution < 1.29 is 9.90 Å². The number of aliphatic hydroxyl groups is 1. The molecule has 3 aliphatic carbocycles. The van der Waals surface area contributed by atoms with Gasteiger partial charge in [-0.15, -0.1) is 0 Å². The second-order valence-electron chi connectivity index (χ2n) is 7.86. The van der Waals surface area contributed by atoms with Crippen molar-refractivity contribution >= 4 is 5.91 Å². The minimum atomic E-state index is -0.467. The van der Waals surface area contributed by atoms with Crippen LogP contribution in [0, 0.1) is 5.41 Å². The van der Waals surface area contributed by atoms with E-state index in [0.717, 1.165) is 45.1 Å². The van der Waals surface area contributed by atoms with Gasteiger partial charge in [-0.3, -0.25) is 9.69 Å². The molecule has 0 aromatic rings. The molecule has 21 heavy (non-hydrogen) atoms. The standard InChI is InChI=1S/C17H28N2O2/c20-15(14-6-11-19(14)13-4-1-2-5-13)18-12-16(9-10-16)17(21)7-3-8-17/h13-14,21H,1-12H2,(H,18,20). The van der Waals surface area contributed by atoms with E-state index in [1.807, 2.05) is 0 Å². The predicted molar refractivity (Wildman–Crippen MR) is 80.8 cm³/mol. The summed E-state index contributed by atoms with van der Waals surface area (Å²) in [5, 5.41) is 13.8. The molecule has 2 N–H and O–H groups in total. The van der Waals surface area contributed by atoms with Crippen LogP contribution >= 0.6 is 0 Å². The number of carbonyl (C=O) groups excluding carboxylic acids is 1. The molecule has 1 unspecified atom stereocenters. The van der Waals surface area contributed by atoms with Gasteiger partial charge in [0.15, 0.2) is 0 Å². The Labute approximate surface area is 127 Å². The maximum Gasteiger partial charge on any atom is 0.237 e. The lowest BCUT2D eigenvalue weighted by Gasteiger charge is -2.46. The van der Waals surface area contributed by atoms with Crippen LogP contribution in [0.15, 0.2) is 0 Å². The molecule has 118 valence electrons. The molecule has 1 amide bonds. The molecule has 4 aliphatic rings. The average molecular weight is 292 g/mol. The number of amides is 1. The molecule has 4 nitrogen and oxygen atoms in total. The third-order valence-corrected chi connectivity index (χ3v) is 6.78. The Balaban J connectivity index is 1.30. The molecule has 1 heterocycles. The molecule has 0 bridgehead atoms. The van der Waals surface area contributed by atoms with Crippen LogP contribution in [0.5, 0.6) is 0 Å². The van der Waals surface area contributed by atoms with Crippen molar-refractivity contribution in [3.8, 4) is 0 Å². The van der Waals surface area contributed by atoms with Crippen molar-refractivity contribution in [1.82, 2.24) is 10.2 Å². The second kappa shape index (κ2) is 4.95. The molecular formula is C17H28N2O2. The topological polar surface area (TPSA) is 52.6 Å². The zero-order chi connectivity index (χ0) is 14.5. The lowest BCUT2D eigenvalue weighted by atomic mass is 9.68. The van der Waals surface area contributed by atoms with Crippen molar-refractivity contribution in [2.45, 2.75) is 81.9 Å². The molecule has 0 spiro atoms. The number of hydrogen-bond donors (Lipinski definition) is 2. The largest absolute Gasteiger partial charge is 0.389 e. The van der Waals surface area contributed by atoms with Crippen LogP contribution in [0.2, 0.25) is 0 Å². The van der Waals surface area contributed by atoms with E-state index in [1.165, 1.54) is 25.7 Å². The molecule has 0 radical (unpaired) electrons. The summed E-state index contributed by atoms with van der Waals surface area (Å²) in [4.78, 5) is 14.9. The smallest absolute Gasteiger partial charge is 0.237 e. The summed E-state index contributed by atoms with van der Waals surface area (Å²) in [6.45, 7) is 1.79. The Kier molecular flexibility index (Phi) is 3.30. The third-order valence-electron chi connectivity index (χ3n) is 6.78. The molecule has 4 rings (SSSR count). The minimum absolute atomic E-state index is 0.0167. The van der Waals surface area contributed by atoms with Crippen molar-refractivity contribution in [3.05, 3.63) is 0 Å². The van der Waals surface area contributed by atoms with Gasteiger partial charge in [-0.05, 0) is 51.4 Å². The Morgan fingerprint density at radius 1 is 1.10 bits per heavy atom. The highest BCUT2D eigenvalue weighted by molar-refractivity contribution is 5.82. The molecule has 3 saturated carbocycles. The number of likely N-dealkylation sites (tertiary alicyclic amines) is 1. The zero-order valence-electron chi connectivity index (χ0n) is 12.9. The van der Waals surface area contributed by atoms with Crippen LogP contribution < -0.4 is 5.32 Å². The number of rotatable bonds is 5. The van der Waals surface area contributed by atoms with Gasteiger partial charge in [0.25, 0.3) is 0 Å². The van der Waals surface area contributed by atoms with Crippen LogP contribution in [-0.2, 0) is 4.79 Å². The van der Waals surface area contributed by atoms with Gasteiger partial charge in [-0.25, -0.2) is 0 Å². The normalized spacial score (nSPS) is 34.0. The van der Waals surface area contributed by atoms with Gasteiger partial charge in [0.2, 0.25) is 5.91 Å². The molecule has 4 fully saturated rings. The first-order chi connectivity index (χ1) is 10.1. The maximum absolute atomic E-state index is 12.5. The first-order valence-electron chi connectivity index (χ1n) is 8.90. The van der Waals surface area contributed by atoms with Gasteiger partial charge in [-0.2, -0.15) is 0 Å². The van der Waals surface area contributed by atoms with E-state index in [1.54, 1.807) is 0 Å². The molecule has 1 aliphatic heterocycles. The quantitative estimate of drug-likeness (QED) is 0.812. The summed E-state index contributed by atoms with van der Waals surface area (Å²) in [6.07, 6.45) is 11.4. The van der Waals surface area contributed by atoms with E-state index in [2.05, 4.69) is 10.2 Å². The first-order valence-corrected chi connectivity index (χ1v) is 8.90. The molecule has 4 heteroatoms. The highest BCUT2D eigenvalue weighted by Gasteiger charge is 2.61. The van der Waals surface area contributed by atoms with Gasteiger partial charge in [0.05, 0.1) is 11.6 Å². The molecule has 1 saturated heterocycles. The van der Waals surface area contributed by atoms with E-state index >= 15 is 0 Å². The SMILES string of the molecule is O=C(NCC1(C2(O)CCC2)CC1)C1CCN1C1CCCC1. The lowest BCUT2D eigenvalue weighted by Crippen LogP contribution is -2.60. The number of hydrogen-bond acceptors (Lipinski definition) is 3. The van der Waals surface area contributed by atoms with E-state index in [-0.39, 0.29) is 17.4 Å². The van der Waals surface area contributed by atoms with Gasteiger partial charge >= 0.3 is 0 Å². The molecule has 0 aromatic carbocycles. The fourth-order valence-corrected chi connectivity index (χ4v) is 4.74.